The number of ether oxygens (including phenoxy) is 2. The number of aryl methyl sites for hydroxylation is 1. The Morgan fingerprint density at radius 1 is 1.05 bits per heavy atom. The smallest absolute Gasteiger partial charge is 0.418 e. The van der Waals surface area contributed by atoms with E-state index in [0.29, 0.717) is 27.1 Å². The Morgan fingerprint density at radius 2 is 1.77 bits per heavy atom. The lowest BCUT2D eigenvalue weighted by Gasteiger charge is -2.16. The van der Waals surface area contributed by atoms with Gasteiger partial charge in [-0.1, -0.05) is 60.4 Å². The van der Waals surface area contributed by atoms with Crippen LogP contribution >= 0.6 is 24.0 Å². The monoisotopic (exact) mass is 572 g/mol. The van der Waals surface area contributed by atoms with Gasteiger partial charge in [0.15, 0.2) is 22.4 Å². The van der Waals surface area contributed by atoms with Crippen molar-refractivity contribution < 1.29 is 32.2 Å². The Hall–Kier alpha value is -3.83. The highest BCUT2D eigenvalue weighted by molar-refractivity contribution is 8.27. The fourth-order valence-corrected chi connectivity index (χ4v) is 5.10. The molecule has 39 heavy (non-hydrogen) atoms. The van der Waals surface area contributed by atoms with Crippen LogP contribution in [0.5, 0.6) is 11.5 Å². The molecule has 3 aromatic rings. The predicted molar refractivity (Wildman–Crippen MR) is 150 cm³/mol. The minimum atomic E-state index is -4.61. The average Bonchev–Trinajstić information content (AvgIpc) is 3.16. The van der Waals surface area contributed by atoms with E-state index in [-0.39, 0.29) is 17.3 Å². The Kier molecular flexibility index (Phi) is 8.61. The molecule has 6 nitrogen and oxygen atoms in total. The van der Waals surface area contributed by atoms with Gasteiger partial charge in [0.1, 0.15) is 0 Å². The number of amides is 2. The molecule has 0 spiro atoms. The van der Waals surface area contributed by atoms with Crippen molar-refractivity contribution in [3.05, 3.63) is 88.3 Å². The van der Waals surface area contributed by atoms with Crippen molar-refractivity contribution in [2.45, 2.75) is 20.0 Å². The molecule has 0 aromatic heterocycles. The van der Waals surface area contributed by atoms with Crippen LogP contribution in [0.25, 0.3) is 6.08 Å². The summed E-state index contributed by atoms with van der Waals surface area (Å²) in [4.78, 5) is 27.4. The number of hydrogen-bond donors (Lipinski definition) is 1. The molecule has 0 bridgehead atoms. The lowest BCUT2D eigenvalue weighted by molar-refractivity contribution is -0.137. The number of nitrogens with one attached hydrogen (secondary N) is 1. The van der Waals surface area contributed by atoms with Crippen molar-refractivity contribution in [1.29, 1.82) is 0 Å². The van der Waals surface area contributed by atoms with Crippen LogP contribution in [0, 0.1) is 6.92 Å². The normalized spacial score (nSPS) is 14.6. The third-order valence-electron chi connectivity index (χ3n) is 5.58. The van der Waals surface area contributed by atoms with Crippen molar-refractivity contribution in [3.8, 4) is 11.5 Å². The van der Waals surface area contributed by atoms with Gasteiger partial charge in [0.25, 0.3) is 11.8 Å². The van der Waals surface area contributed by atoms with E-state index in [1.54, 1.807) is 31.2 Å². The highest BCUT2D eigenvalue weighted by Gasteiger charge is 2.34. The average molecular weight is 573 g/mol. The van der Waals surface area contributed by atoms with Crippen LogP contribution in [-0.2, 0) is 15.8 Å². The molecule has 4 rings (SSSR count). The van der Waals surface area contributed by atoms with Gasteiger partial charge in [0, 0.05) is 0 Å². The van der Waals surface area contributed by atoms with E-state index in [9.17, 15) is 22.8 Å². The number of carbonyl (C=O) groups is 2. The van der Waals surface area contributed by atoms with E-state index in [4.69, 9.17) is 21.7 Å². The Balaban J connectivity index is 1.49. The van der Waals surface area contributed by atoms with Gasteiger partial charge in [-0.3, -0.25) is 14.5 Å². The summed E-state index contributed by atoms with van der Waals surface area (Å²) in [7, 11) is 0. The Bertz CT molecular complexity index is 1460. The van der Waals surface area contributed by atoms with E-state index in [1.165, 1.54) is 34.9 Å². The lowest BCUT2D eigenvalue weighted by atomic mass is 10.1. The molecule has 1 saturated heterocycles. The van der Waals surface area contributed by atoms with Gasteiger partial charge in [-0.25, -0.2) is 0 Å². The van der Waals surface area contributed by atoms with Gasteiger partial charge in [0.05, 0.1) is 28.5 Å². The first-order chi connectivity index (χ1) is 18.6. The minimum absolute atomic E-state index is 0.223. The summed E-state index contributed by atoms with van der Waals surface area (Å²) >= 11 is 6.64. The van der Waals surface area contributed by atoms with Crippen LogP contribution in [0.3, 0.4) is 0 Å². The number of para-hydroxylation sites is 2. The molecule has 11 heteroatoms. The van der Waals surface area contributed by atoms with Gasteiger partial charge in [-0.15, -0.1) is 0 Å². The number of rotatable bonds is 8. The van der Waals surface area contributed by atoms with Gasteiger partial charge in [0.2, 0.25) is 0 Å². The summed E-state index contributed by atoms with van der Waals surface area (Å²) in [5, 5.41) is 2.24. The van der Waals surface area contributed by atoms with Crippen molar-refractivity contribution in [3.63, 3.8) is 0 Å². The molecule has 202 valence electrons. The number of benzene rings is 3. The van der Waals surface area contributed by atoms with Crippen LogP contribution < -0.4 is 19.7 Å². The molecule has 1 aliphatic heterocycles. The van der Waals surface area contributed by atoms with Crippen molar-refractivity contribution in [2.75, 3.05) is 23.4 Å². The van der Waals surface area contributed by atoms with E-state index < -0.39 is 24.3 Å². The highest BCUT2D eigenvalue weighted by Crippen LogP contribution is 2.38. The molecule has 1 aliphatic rings. The minimum Gasteiger partial charge on any atom is -0.490 e. The summed E-state index contributed by atoms with van der Waals surface area (Å²) in [6.07, 6.45) is -2.93. The number of halogens is 3. The zero-order valence-corrected chi connectivity index (χ0v) is 22.5. The Morgan fingerprint density at radius 3 is 2.49 bits per heavy atom. The summed E-state index contributed by atoms with van der Waals surface area (Å²) in [6.45, 7) is 3.42. The van der Waals surface area contributed by atoms with E-state index >= 15 is 0 Å². The van der Waals surface area contributed by atoms with Gasteiger partial charge in [-0.05, 0) is 61.4 Å². The molecule has 0 unspecified atom stereocenters. The van der Waals surface area contributed by atoms with Crippen molar-refractivity contribution in [1.82, 2.24) is 0 Å². The molecule has 0 radical (unpaired) electrons. The number of nitrogens with zero attached hydrogens (tertiary/aromatic N) is 1. The third kappa shape index (κ3) is 6.61. The summed E-state index contributed by atoms with van der Waals surface area (Å²) in [5.74, 6) is -0.476. The first-order valence-corrected chi connectivity index (χ1v) is 13.0. The number of thioether (sulfide) groups is 1. The molecule has 3 aromatic carbocycles. The van der Waals surface area contributed by atoms with E-state index in [1.807, 2.05) is 31.2 Å². The largest absolute Gasteiger partial charge is 0.490 e. The molecule has 1 heterocycles. The maximum atomic E-state index is 13.2. The first-order valence-electron chi connectivity index (χ1n) is 11.8. The van der Waals surface area contributed by atoms with Crippen molar-refractivity contribution in [2.24, 2.45) is 0 Å². The second kappa shape index (κ2) is 11.9. The topological polar surface area (TPSA) is 67.9 Å². The maximum absolute atomic E-state index is 13.2. The van der Waals surface area contributed by atoms with Gasteiger partial charge in [-0.2, -0.15) is 13.2 Å². The van der Waals surface area contributed by atoms with Crippen LogP contribution in [0.15, 0.2) is 71.6 Å². The summed E-state index contributed by atoms with van der Waals surface area (Å²) in [6, 6.07) is 17.0. The van der Waals surface area contributed by atoms with Gasteiger partial charge < -0.3 is 14.8 Å². The SMILES string of the molecule is CCOc1cc(/C=C2\SC(=S)N(c3ccccc3C)C2=O)ccc1OCC(=O)Nc1ccccc1C(F)(F)F. The predicted octanol–water partition coefficient (Wildman–Crippen LogP) is 6.84. The standard InChI is InChI=1S/C28H23F3N2O4S2/c1-3-36-23-14-18(15-24-26(35)33(27(38)39-24)21-11-7-4-8-17(21)2)12-13-22(23)37-16-25(34)32-20-10-6-5-9-19(20)28(29,30)31/h4-15H,3,16H2,1-2H3,(H,32,34)/b24-15-. The summed E-state index contributed by atoms with van der Waals surface area (Å²) < 4.78 is 51.2. The second-order valence-corrected chi connectivity index (χ2v) is 10.00. The highest BCUT2D eigenvalue weighted by atomic mass is 32.2. The third-order valence-corrected chi connectivity index (χ3v) is 6.88. The molecule has 0 atom stereocenters. The number of alkyl halides is 3. The zero-order chi connectivity index (χ0) is 28.2. The maximum Gasteiger partial charge on any atom is 0.418 e. The second-order valence-electron chi connectivity index (χ2n) is 8.32. The van der Waals surface area contributed by atoms with E-state index in [2.05, 4.69) is 5.32 Å². The molecule has 1 N–H and O–H groups in total. The zero-order valence-electron chi connectivity index (χ0n) is 20.9. The number of hydrogen-bond acceptors (Lipinski definition) is 6. The quantitative estimate of drug-likeness (QED) is 0.236. The van der Waals surface area contributed by atoms with Crippen LogP contribution in [0.1, 0.15) is 23.6 Å². The van der Waals surface area contributed by atoms with Crippen molar-refractivity contribution >= 4 is 57.6 Å². The molecule has 0 aliphatic carbocycles. The van der Waals surface area contributed by atoms with Gasteiger partial charge >= 0.3 is 6.18 Å². The molecule has 2 amide bonds. The van der Waals surface area contributed by atoms with E-state index in [0.717, 1.165) is 17.3 Å². The first kappa shape index (κ1) is 28.2. The summed E-state index contributed by atoms with van der Waals surface area (Å²) in [5.41, 5.74) is 0.964. The van der Waals surface area contributed by atoms with Crippen LogP contribution in [-0.4, -0.2) is 29.3 Å². The molecular weight excluding hydrogens is 549 g/mol. The van der Waals surface area contributed by atoms with Crippen LogP contribution in [0.4, 0.5) is 24.5 Å². The number of thiocarbonyl (C=S) groups is 1. The molecule has 0 saturated carbocycles. The molecule has 1 fully saturated rings. The molecular formula is C28H23F3N2O4S2. The Labute approximate surface area is 232 Å². The number of anilines is 2. The van der Waals surface area contributed by atoms with Crippen LogP contribution in [0.2, 0.25) is 0 Å². The number of carbonyl (C=O) groups excluding carboxylic acids is 2. The fraction of sp³-hybridized carbons (Fsp3) is 0.179. The fourth-order valence-electron chi connectivity index (χ4n) is 3.81. The lowest BCUT2D eigenvalue weighted by Crippen LogP contribution is -2.28.